The fourth-order valence-corrected chi connectivity index (χ4v) is 1.86. The summed E-state index contributed by atoms with van der Waals surface area (Å²) in [4.78, 5) is 0. The highest BCUT2D eigenvalue weighted by atomic mass is 16.5. The molecule has 2 aromatic carbocycles. The lowest BCUT2D eigenvalue weighted by molar-refractivity contribution is 0.328. The molecular weight excluding hydrogens is 224 g/mol. The van der Waals surface area contributed by atoms with Gasteiger partial charge in [-0.25, -0.2) is 0 Å². The lowest BCUT2D eigenvalue weighted by Gasteiger charge is -2.13. The van der Waals surface area contributed by atoms with Crippen LogP contribution in [0.15, 0.2) is 60.7 Å². The van der Waals surface area contributed by atoms with Crippen molar-refractivity contribution in [1.29, 1.82) is 0 Å². The molecular formula is C16H16O2. The van der Waals surface area contributed by atoms with Crippen LogP contribution in [0.2, 0.25) is 0 Å². The Balaban J connectivity index is 2.53. The van der Waals surface area contributed by atoms with Crippen LogP contribution in [0.1, 0.15) is 11.1 Å². The van der Waals surface area contributed by atoms with Crippen LogP contribution >= 0.6 is 0 Å². The molecule has 18 heavy (non-hydrogen) atoms. The number of methoxy groups -OCH3 is 2. The first-order valence-corrected chi connectivity index (χ1v) is 5.80. The van der Waals surface area contributed by atoms with Gasteiger partial charge in [-0.2, -0.15) is 0 Å². The minimum atomic E-state index is 0.740. The quantitative estimate of drug-likeness (QED) is 0.597. The van der Waals surface area contributed by atoms with Crippen molar-refractivity contribution in [2.75, 3.05) is 14.2 Å². The van der Waals surface area contributed by atoms with Crippen molar-refractivity contribution in [2.45, 2.75) is 0 Å². The van der Waals surface area contributed by atoms with Crippen LogP contribution in [-0.2, 0) is 9.47 Å². The average molecular weight is 240 g/mol. The van der Waals surface area contributed by atoms with E-state index in [2.05, 4.69) is 0 Å². The molecule has 0 heterocycles. The minimum absolute atomic E-state index is 0.740. The normalized spacial score (nSPS) is 11.7. The summed E-state index contributed by atoms with van der Waals surface area (Å²) in [6, 6.07) is 19.9. The maximum absolute atomic E-state index is 5.50. The second-order valence-electron chi connectivity index (χ2n) is 3.80. The van der Waals surface area contributed by atoms with Crippen molar-refractivity contribution >= 4 is 11.5 Å². The zero-order valence-corrected chi connectivity index (χ0v) is 10.6. The summed E-state index contributed by atoms with van der Waals surface area (Å²) in [5, 5.41) is 0. The largest absolute Gasteiger partial charge is 0.492 e. The fraction of sp³-hybridized carbons (Fsp3) is 0.125. The van der Waals surface area contributed by atoms with Gasteiger partial charge in [-0.3, -0.25) is 0 Å². The standard InChI is InChI=1S/C16H16O2/c1-17-15(13-9-5-3-6-10-13)16(18-2)14-11-7-4-8-12-14/h3-12H,1-2H3. The molecule has 0 spiro atoms. The van der Waals surface area contributed by atoms with Gasteiger partial charge in [-0.15, -0.1) is 0 Å². The third kappa shape index (κ3) is 2.54. The Morgan fingerprint density at radius 1 is 0.611 bits per heavy atom. The van der Waals surface area contributed by atoms with Gasteiger partial charge in [0.2, 0.25) is 0 Å². The number of rotatable bonds is 4. The molecule has 0 atom stereocenters. The predicted molar refractivity (Wildman–Crippen MR) is 73.7 cm³/mol. The molecule has 2 rings (SSSR count). The molecule has 92 valence electrons. The molecule has 0 aliphatic carbocycles. The molecule has 0 N–H and O–H groups in total. The molecule has 0 saturated heterocycles. The lowest BCUT2D eigenvalue weighted by atomic mass is 10.1. The Kier molecular flexibility index (Phi) is 4.02. The summed E-state index contributed by atoms with van der Waals surface area (Å²) in [6.45, 7) is 0. The molecule has 2 nitrogen and oxygen atoms in total. The van der Waals surface area contributed by atoms with Crippen LogP contribution in [0.25, 0.3) is 11.5 Å². The van der Waals surface area contributed by atoms with Crippen molar-refractivity contribution in [1.82, 2.24) is 0 Å². The highest BCUT2D eigenvalue weighted by Gasteiger charge is 2.12. The Bertz CT molecular complexity index is 466. The zero-order valence-electron chi connectivity index (χ0n) is 10.6. The third-order valence-corrected chi connectivity index (χ3v) is 2.69. The molecule has 0 unspecified atom stereocenters. The van der Waals surface area contributed by atoms with E-state index >= 15 is 0 Å². The van der Waals surface area contributed by atoms with Crippen LogP contribution in [0.3, 0.4) is 0 Å². The predicted octanol–water partition coefficient (Wildman–Crippen LogP) is 3.81. The summed E-state index contributed by atoms with van der Waals surface area (Å²) in [7, 11) is 3.31. The van der Waals surface area contributed by atoms with E-state index in [1.54, 1.807) is 14.2 Å². The first-order chi connectivity index (χ1) is 8.86. The van der Waals surface area contributed by atoms with Crippen molar-refractivity contribution in [3.8, 4) is 0 Å². The number of ether oxygens (including phenoxy) is 2. The molecule has 0 aliphatic heterocycles. The van der Waals surface area contributed by atoms with Crippen LogP contribution in [0, 0.1) is 0 Å². The summed E-state index contributed by atoms with van der Waals surface area (Å²) in [6.07, 6.45) is 0. The van der Waals surface area contributed by atoms with Gasteiger partial charge < -0.3 is 9.47 Å². The summed E-state index contributed by atoms with van der Waals surface area (Å²) in [5.41, 5.74) is 2.00. The van der Waals surface area contributed by atoms with E-state index in [4.69, 9.17) is 9.47 Å². The summed E-state index contributed by atoms with van der Waals surface area (Å²) in [5.74, 6) is 1.48. The highest BCUT2D eigenvalue weighted by molar-refractivity contribution is 5.83. The zero-order chi connectivity index (χ0) is 12.8. The fourth-order valence-electron chi connectivity index (χ4n) is 1.86. The molecule has 2 heteroatoms. The highest BCUT2D eigenvalue weighted by Crippen LogP contribution is 2.27. The van der Waals surface area contributed by atoms with E-state index in [0.717, 1.165) is 22.6 Å². The van der Waals surface area contributed by atoms with Gasteiger partial charge in [-0.1, -0.05) is 60.7 Å². The van der Waals surface area contributed by atoms with Gasteiger partial charge in [0.1, 0.15) is 0 Å². The Labute approximate surface area is 107 Å². The van der Waals surface area contributed by atoms with Crippen molar-refractivity contribution in [3.05, 3.63) is 71.8 Å². The van der Waals surface area contributed by atoms with E-state index in [1.165, 1.54) is 0 Å². The van der Waals surface area contributed by atoms with Crippen molar-refractivity contribution < 1.29 is 9.47 Å². The molecule has 0 aromatic heterocycles. The molecule has 0 amide bonds. The van der Waals surface area contributed by atoms with Crippen LogP contribution in [0.4, 0.5) is 0 Å². The summed E-state index contributed by atoms with van der Waals surface area (Å²) < 4.78 is 11.0. The maximum Gasteiger partial charge on any atom is 0.168 e. The molecule has 0 aliphatic rings. The Hall–Kier alpha value is -2.22. The van der Waals surface area contributed by atoms with E-state index < -0.39 is 0 Å². The minimum Gasteiger partial charge on any atom is -0.492 e. The SMILES string of the molecule is COC(=C(OC)c1ccccc1)c1ccccc1. The second kappa shape index (κ2) is 5.92. The van der Waals surface area contributed by atoms with Gasteiger partial charge >= 0.3 is 0 Å². The Morgan fingerprint density at radius 2 is 0.944 bits per heavy atom. The van der Waals surface area contributed by atoms with Gasteiger partial charge in [-0.05, 0) is 0 Å². The van der Waals surface area contributed by atoms with E-state index in [1.807, 2.05) is 60.7 Å². The van der Waals surface area contributed by atoms with Crippen LogP contribution in [-0.4, -0.2) is 14.2 Å². The number of benzene rings is 2. The molecule has 0 radical (unpaired) electrons. The first-order valence-electron chi connectivity index (χ1n) is 5.80. The lowest BCUT2D eigenvalue weighted by Crippen LogP contribution is -1.96. The average Bonchev–Trinajstić information content (AvgIpc) is 2.46. The molecule has 0 saturated carbocycles. The van der Waals surface area contributed by atoms with E-state index in [0.29, 0.717) is 0 Å². The topological polar surface area (TPSA) is 18.5 Å². The molecule has 0 bridgehead atoms. The monoisotopic (exact) mass is 240 g/mol. The molecule has 2 aromatic rings. The van der Waals surface area contributed by atoms with Crippen LogP contribution in [0.5, 0.6) is 0 Å². The summed E-state index contributed by atoms with van der Waals surface area (Å²) >= 11 is 0. The molecule has 0 fully saturated rings. The Morgan fingerprint density at radius 3 is 1.22 bits per heavy atom. The van der Waals surface area contributed by atoms with E-state index in [9.17, 15) is 0 Å². The van der Waals surface area contributed by atoms with Gasteiger partial charge in [0.25, 0.3) is 0 Å². The van der Waals surface area contributed by atoms with Gasteiger partial charge in [0, 0.05) is 11.1 Å². The van der Waals surface area contributed by atoms with Crippen molar-refractivity contribution in [3.63, 3.8) is 0 Å². The van der Waals surface area contributed by atoms with E-state index in [-0.39, 0.29) is 0 Å². The van der Waals surface area contributed by atoms with Crippen molar-refractivity contribution in [2.24, 2.45) is 0 Å². The number of hydrogen-bond donors (Lipinski definition) is 0. The third-order valence-electron chi connectivity index (χ3n) is 2.69. The smallest absolute Gasteiger partial charge is 0.168 e. The maximum atomic E-state index is 5.50. The van der Waals surface area contributed by atoms with Gasteiger partial charge in [0.05, 0.1) is 14.2 Å². The first kappa shape index (κ1) is 12.2. The number of hydrogen-bond acceptors (Lipinski definition) is 2. The second-order valence-corrected chi connectivity index (χ2v) is 3.80. The van der Waals surface area contributed by atoms with Gasteiger partial charge in [0.15, 0.2) is 11.5 Å². The van der Waals surface area contributed by atoms with Crippen LogP contribution < -0.4 is 0 Å².